The lowest BCUT2D eigenvalue weighted by Crippen LogP contribution is -2.38. The van der Waals surface area contributed by atoms with Crippen molar-refractivity contribution in [1.82, 2.24) is 10.2 Å². The summed E-state index contributed by atoms with van der Waals surface area (Å²) in [4.78, 5) is 2.51. The maximum atomic E-state index is 6.40. The predicted molar refractivity (Wildman–Crippen MR) is 84.7 cm³/mol. The van der Waals surface area contributed by atoms with E-state index in [2.05, 4.69) is 10.2 Å². The van der Waals surface area contributed by atoms with Crippen molar-refractivity contribution in [3.05, 3.63) is 0 Å². The Balaban J connectivity index is 1.24. The summed E-state index contributed by atoms with van der Waals surface area (Å²) in [5, 5.41) is 3.61. The lowest BCUT2D eigenvalue weighted by atomic mass is 9.83. The zero-order valence-corrected chi connectivity index (χ0v) is 13.4. The normalized spacial score (nSPS) is 30.0. The van der Waals surface area contributed by atoms with Crippen molar-refractivity contribution in [2.75, 3.05) is 45.9 Å². The van der Waals surface area contributed by atoms with Gasteiger partial charge in [0.2, 0.25) is 0 Å². The van der Waals surface area contributed by atoms with Crippen LogP contribution in [0.5, 0.6) is 0 Å². The molecule has 1 atom stereocenters. The van der Waals surface area contributed by atoms with Crippen LogP contribution < -0.4 is 5.32 Å². The average Bonchev–Trinajstić information content (AvgIpc) is 2.91. The van der Waals surface area contributed by atoms with Crippen LogP contribution in [-0.2, 0) is 9.47 Å². The van der Waals surface area contributed by atoms with Crippen LogP contribution in [-0.4, -0.2) is 62.5 Å². The SMILES string of the molecule is C1CCC2(CC1)CCC(CNCCCN1CCOCC1)O2. The number of ether oxygens (including phenoxy) is 2. The lowest BCUT2D eigenvalue weighted by molar-refractivity contribution is -0.0623. The molecule has 122 valence electrons. The highest BCUT2D eigenvalue weighted by Gasteiger charge is 2.40. The van der Waals surface area contributed by atoms with Crippen LogP contribution in [0.25, 0.3) is 0 Å². The molecule has 3 fully saturated rings. The van der Waals surface area contributed by atoms with Crippen LogP contribution in [0.3, 0.4) is 0 Å². The number of nitrogens with zero attached hydrogens (tertiary/aromatic N) is 1. The second-order valence-electron chi connectivity index (χ2n) is 7.03. The molecule has 0 bridgehead atoms. The van der Waals surface area contributed by atoms with Gasteiger partial charge in [0, 0.05) is 19.6 Å². The molecular weight excluding hydrogens is 264 g/mol. The van der Waals surface area contributed by atoms with Crippen molar-refractivity contribution in [1.29, 1.82) is 0 Å². The first-order valence-corrected chi connectivity index (χ1v) is 9.05. The van der Waals surface area contributed by atoms with Gasteiger partial charge in [0.05, 0.1) is 24.9 Å². The highest BCUT2D eigenvalue weighted by atomic mass is 16.5. The van der Waals surface area contributed by atoms with E-state index in [-0.39, 0.29) is 5.60 Å². The second kappa shape index (κ2) is 7.91. The van der Waals surface area contributed by atoms with Gasteiger partial charge in [-0.2, -0.15) is 0 Å². The van der Waals surface area contributed by atoms with Gasteiger partial charge in [-0.3, -0.25) is 4.90 Å². The molecule has 1 unspecified atom stereocenters. The van der Waals surface area contributed by atoms with Crippen molar-refractivity contribution < 1.29 is 9.47 Å². The summed E-state index contributed by atoms with van der Waals surface area (Å²) >= 11 is 0. The van der Waals surface area contributed by atoms with Gasteiger partial charge in [0.25, 0.3) is 0 Å². The van der Waals surface area contributed by atoms with Crippen LogP contribution in [0.2, 0.25) is 0 Å². The highest BCUT2D eigenvalue weighted by molar-refractivity contribution is 4.91. The third-order valence-corrected chi connectivity index (χ3v) is 5.41. The third kappa shape index (κ3) is 4.65. The molecule has 1 N–H and O–H groups in total. The molecule has 3 rings (SSSR count). The Morgan fingerprint density at radius 1 is 1.05 bits per heavy atom. The van der Waals surface area contributed by atoms with Gasteiger partial charge in [-0.25, -0.2) is 0 Å². The zero-order valence-electron chi connectivity index (χ0n) is 13.4. The number of hydrogen-bond acceptors (Lipinski definition) is 4. The fourth-order valence-electron chi connectivity index (χ4n) is 4.12. The first-order valence-electron chi connectivity index (χ1n) is 9.05. The van der Waals surface area contributed by atoms with Gasteiger partial charge in [0.1, 0.15) is 0 Å². The van der Waals surface area contributed by atoms with Crippen molar-refractivity contribution in [3.8, 4) is 0 Å². The minimum absolute atomic E-state index is 0.276. The van der Waals surface area contributed by atoms with Gasteiger partial charge in [-0.05, 0) is 45.2 Å². The summed E-state index contributed by atoms with van der Waals surface area (Å²) in [6.07, 6.45) is 11.0. The molecular formula is C17H32N2O2. The quantitative estimate of drug-likeness (QED) is 0.762. The lowest BCUT2D eigenvalue weighted by Gasteiger charge is -2.33. The second-order valence-corrected chi connectivity index (χ2v) is 7.03. The van der Waals surface area contributed by atoms with E-state index in [1.54, 1.807) is 0 Å². The smallest absolute Gasteiger partial charge is 0.0708 e. The van der Waals surface area contributed by atoms with Crippen molar-refractivity contribution in [2.24, 2.45) is 0 Å². The number of hydrogen-bond donors (Lipinski definition) is 1. The molecule has 0 aromatic carbocycles. The third-order valence-electron chi connectivity index (χ3n) is 5.41. The Labute approximate surface area is 129 Å². The van der Waals surface area contributed by atoms with Crippen molar-refractivity contribution in [3.63, 3.8) is 0 Å². The van der Waals surface area contributed by atoms with E-state index in [0.717, 1.165) is 39.4 Å². The number of nitrogens with one attached hydrogen (secondary N) is 1. The largest absolute Gasteiger partial charge is 0.379 e. The first-order chi connectivity index (χ1) is 10.4. The van der Waals surface area contributed by atoms with E-state index in [1.165, 1.54) is 57.9 Å². The van der Waals surface area contributed by atoms with Crippen LogP contribution >= 0.6 is 0 Å². The van der Waals surface area contributed by atoms with E-state index in [4.69, 9.17) is 9.47 Å². The summed E-state index contributed by atoms with van der Waals surface area (Å²) in [5.74, 6) is 0. The Morgan fingerprint density at radius 2 is 1.86 bits per heavy atom. The first kappa shape index (κ1) is 15.7. The molecule has 4 nitrogen and oxygen atoms in total. The summed E-state index contributed by atoms with van der Waals surface area (Å²) in [6.45, 7) is 7.39. The van der Waals surface area contributed by atoms with Crippen LogP contribution in [0, 0.1) is 0 Å². The standard InChI is InChI=1S/C17H32N2O2/c1-2-6-17(7-3-1)8-5-16(21-17)15-18-9-4-10-19-11-13-20-14-12-19/h16,18H,1-15H2. The number of morpholine rings is 1. The molecule has 1 saturated carbocycles. The van der Waals surface area contributed by atoms with Crippen LogP contribution in [0.15, 0.2) is 0 Å². The van der Waals surface area contributed by atoms with Gasteiger partial charge in [-0.1, -0.05) is 19.3 Å². The van der Waals surface area contributed by atoms with Gasteiger partial charge < -0.3 is 14.8 Å². The van der Waals surface area contributed by atoms with Gasteiger partial charge >= 0.3 is 0 Å². The average molecular weight is 296 g/mol. The molecule has 1 spiro atoms. The van der Waals surface area contributed by atoms with Gasteiger partial charge in [-0.15, -0.1) is 0 Å². The predicted octanol–water partition coefficient (Wildman–Crippen LogP) is 2.18. The van der Waals surface area contributed by atoms with Crippen molar-refractivity contribution in [2.45, 2.75) is 63.1 Å². The Hall–Kier alpha value is -0.160. The summed E-state index contributed by atoms with van der Waals surface area (Å²) < 4.78 is 11.8. The molecule has 2 saturated heterocycles. The van der Waals surface area contributed by atoms with Crippen LogP contribution in [0.1, 0.15) is 51.4 Å². The van der Waals surface area contributed by atoms with E-state index >= 15 is 0 Å². The topological polar surface area (TPSA) is 33.7 Å². The molecule has 0 radical (unpaired) electrons. The fraction of sp³-hybridized carbons (Fsp3) is 1.00. The van der Waals surface area contributed by atoms with E-state index < -0.39 is 0 Å². The highest BCUT2D eigenvalue weighted by Crippen LogP contribution is 2.41. The van der Waals surface area contributed by atoms with Crippen LogP contribution in [0.4, 0.5) is 0 Å². The number of rotatable bonds is 6. The van der Waals surface area contributed by atoms with E-state index in [1.807, 2.05) is 0 Å². The summed E-state index contributed by atoms with van der Waals surface area (Å²) in [7, 11) is 0. The Bertz CT molecular complexity index is 299. The zero-order chi connectivity index (χ0) is 14.4. The monoisotopic (exact) mass is 296 g/mol. The molecule has 0 aromatic heterocycles. The minimum Gasteiger partial charge on any atom is -0.379 e. The molecule has 21 heavy (non-hydrogen) atoms. The summed E-state index contributed by atoms with van der Waals surface area (Å²) in [6, 6.07) is 0. The van der Waals surface area contributed by atoms with E-state index in [0.29, 0.717) is 6.10 Å². The minimum atomic E-state index is 0.276. The summed E-state index contributed by atoms with van der Waals surface area (Å²) in [5.41, 5.74) is 0.276. The molecule has 0 amide bonds. The van der Waals surface area contributed by atoms with Crippen molar-refractivity contribution >= 4 is 0 Å². The molecule has 2 aliphatic heterocycles. The molecule has 0 aromatic rings. The maximum absolute atomic E-state index is 6.40. The molecule has 1 aliphatic carbocycles. The molecule has 2 heterocycles. The molecule has 4 heteroatoms. The molecule has 3 aliphatic rings. The Morgan fingerprint density at radius 3 is 2.67 bits per heavy atom. The maximum Gasteiger partial charge on any atom is 0.0708 e. The van der Waals surface area contributed by atoms with Gasteiger partial charge in [0.15, 0.2) is 0 Å². The van der Waals surface area contributed by atoms with E-state index in [9.17, 15) is 0 Å². The fourth-order valence-corrected chi connectivity index (χ4v) is 4.12. The Kier molecular flexibility index (Phi) is 5.92.